The van der Waals surface area contributed by atoms with Crippen molar-refractivity contribution in [2.24, 2.45) is 0 Å². The third kappa shape index (κ3) is 2.47. The summed E-state index contributed by atoms with van der Waals surface area (Å²) in [5.41, 5.74) is 0. The van der Waals surface area contributed by atoms with Crippen molar-refractivity contribution in [2.45, 2.75) is 0 Å². The monoisotopic (exact) mass is 247 g/mol. The molecule has 0 spiro atoms. The van der Waals surface area contributed by atoms with Crippen LogP contribution in [0.15, 0.2) is 83.9 Å². The molecule has 0 saturated carbocycles. The van der Waals surface area contributed by atoms with Gasteiger partial charge in [-0.1, -0.05) is 60.7 Å². The van der Waals surface area contributed by atoms with Gasteiger partial charge in [0.05, 0.1) is 6.20 Å². The molecule has 4 aromatic rings. The quantitative estimate of drug-likeness (QED) is 0.422. The highest BCUT2D eigenvalue weighted by Gasteiger charge is 1.97. The van der Waals surface area contributed by atoms with Gasteiger partial charge in [0.2, 0.25) is 0 Å². The molecule has 1 heterocycles. The van der Waals surface area contributed by atoms with Crippen LogP contribution in [-0.2, 0) is 0 Å². The van der Waals surface area contributed by atoms with Crippen LogP contribution in [0.2, 0.25) is 0 Å². The molecule has 2 nitrogen and oxygen atoms in total. The summed E-state index contributed by atoms with van der Waals surface area (Å²) < 4.78 is 4.47. The van der Waals surface area contributed by atoms with Crippen LogP contribution in [-0.4, -0.2) is 4.98 Å². The van der Waals surface area contributed by atoms with Gasteiger partial charge in [0.15, 0.2) is 6.39 Å². The largest absolute Gasteiger partial charge is 0.452 e. The first-order valence-electron chi connectivity index (χ1n) is 6.14. The molecule has 0 fully saturated rings. The molecule has 0 atom stereocenters. The maximum Gasteiger partial charge on any atom is 0.180 e. The van der Waals surface area contributed by atoms with Crippen molar-refractivity contribution >= 4 is 21.5 Å². The number of hydrogen-bond donors (Lipinski definition) is 0. The lowest BCUT2D eigenvalue weighted by Gasteiger charge is -2.02. The highest BCUT2D eigenvalue weighted by molar-refractivity contribution is 6.07. The minimum atomic E-state index is 1.31. The van der Waals surface area contributed by atoms with Crippen LogP contribution in [0.3, 0.4) is 0 Å². The molecule has 0 amide bonds. The first-order chi connectivity index (χ1) is 9.45. The predicted octanol–water partition coefficient (Wildman–Crippen LogP) is 4.67. The van der Waals surface area contributed by atoms with Crippen LogP contribution < -0.4 is 0 Å². The number of rotatable bonds is 0. The number of nitrogens with zero attached hydrogens (tertiary/aromatic N) is 1. The van der Waals surface area contributed by atoms with E-state index >= 15 is 0 Å². The Morgan fingerprint density at radius 1 is 0.684 bits per heavy atom. The van der Waals surface area contributed by atoms with E-state index in [9.17, 15) is 0 Å². The van der Waals surface area contributed by atoms with E-state index in [-0.39, 0.29) is 0 Å². The third-order valence-electron chi connectivity index (χ3n) is 3.00. The first-order valence-corrected chi connectivity index (χ1v) is 6.14. The summed E-state index contributed by atoms with van der Waals surface area (Å²) in [5, 5.41) is 5.30. The van der Waals surface area contributed by atoms with Gasteiger partial charge in [0.1, 0.15) is 6.26 Å². The van der Waals surface area contributed by atoms with Crippen molar-refractivity contribution in [2.75, 3.05) is 0 Å². The second-order valence-corrected chi connectivity index (χ2v) is 4.18. The minimum absolute atomic E-state index is 1.31. The van der Waals surface area contributed by atoms with Crippen molar-refractivity contribution < 1.29 is 4.42 Å². The Balaban J connectivity index is 0.000000187. The van der Waals surface area contributed by atoms with Crippen LogP contribution >= 0.6 is 0 Å². The van der Waals surface area contributed by atoms with E-state index in [4.69, 9.17) is 0 Å². The Morgan fingerprint density at radius 3 is 1.68 bits per heavy atom. The molecule has 0 unspecified atom stereocenters. The zero-order chi connectivity index (χ0) is 12.9. The van der Waals surface area contributed by atoms with Crippen LogP contribution in [0.5, 0.6) is 0 Å². The van der Waals surface area contributed by atoms with Crippen LogP contribution in [0.25, 0.3) is 21.5 Å². The molecule has 19 heavy (non-hydrogen) atoms. The summed E-state index contributed by atoms with van der Waals surface area (Å²) in [4.78, 5) is 3.56. The van der Waals surface area contributed by atoms with Gasteiger partial charge in [-0.15, -0.1) is 0 Å². The second kappa shape index (κ2) is 5.36. The molecule has 0 aliphatic heterocycles. The molecule has 0 aliphatic carbocycles. The van der Waals surface area contributed by atoms with E-state index < -0.39 is 0 Å². The Bertz CT molecular complexity index is 703. The molecule has 0 aliphatic rings. The van der Waals surface area contributed by atoms with Gasteiger partial charge < -0.3 is 4.42 Å². The highest BCUT2D eigenvalue weighted by atomic mass is 16.3. The van der Waals surface area contributed by atoms with Gasteiger partial charge in [-0.25, -0.2) is 4.98 Å². The zero-order valence-electron chi connectivity index (χ0n) is 10.4. The standard InChI is InChI=1S/C14H10.C3H3NO/c1-3-7-13-11(5-1)9-10-12-6-2-4-8-14(12)13;1-2-5-3-4-1/h1-10H;1-3H. The summed E-state index contributed by atoms with van der Waals surface area (Å²) in [6, 6.07) is 21.4. The Kier molecular flexibility index (Phi) is 3.24. The lowest BCUT2D eigenvalue weighted by atomic mass is 10.0. The molecule has 1 aromatic heterocycles. The summed E-state index contributed by atoms with van der Waals surface area (Å²) in [6.07, 6.45) is 4.47. The van der Waals surface area contributed by atoms with Gasteiger partial charge in [-0.2, -0.15) is 0 Å². The number of hydrogen-bond acceptors (Lipinski definition) is 2. The topological polar surface area (TPSA) is 26.0 Å². The molecule has 3 aromatic carbocycles. The van der Waals surface area contributed by atoms with Crippen molar-refractivity contribution in [1.82, 2.24) is 4.98 Å². The third-order valence-corrected chi connectivity index (χ3v) is 3.00. The fourth-order valence-electron chi connectivity index (χ4n) is 2.13. The first kappa shape index (κ1) is 11.5. The Morgan fingerprint density at radius 2 is 1.26 bits per heavy atom. The van der Waals surface area contributed by atoms with Crippen molar-refractivity contribution in [3.05, 3.63) is 79.5 Å². The molecule has 92 valence electrons. The van der Waals surface area contributed by atoms with Gasteiger partial charge in [-0.3, -0.25) is 0 Å². The smallest absolute Gasteiger partial charge is 0.180 e. The van der Waals surface area contributed by atoms with Crippen LogP contribution in [0.4, 0.5) is 0 Å². The van der Waals surface area contributed by atoms with Crippen molar-refractivity contribution in [3.8, 4) is 0 Å². The second-order valence-electron chi connectivity index (χ2n) is 4.18. The summed E-state index contributed by atoms with van der Waals surface area (Å²) >= 11 is 0. The number of aromatic nitrogens is 1. The average Bonchev–Trinajstić information content (AvgIpc) is 3.07. The summed E-state index contributed by atoms with van der Waals surface area (Å²) in [5.74, 6) is 0. The van der Waals surface area contributed by atoms with Crippen molar-refractivity contribution in [1.29, 1.82) is 0 Å². The molecular formula is C17H13NO. The van der Waals surface area contributed by atoms with Gasteiger partial charge >= 0.3 is 0 Å². The minimum Gasteiger partial charge on any atom is -0.452 e. The molecule has 4 rings (SSSR count). The van der Waals surface area contributed by atoms with E-state index in [1.54, 1.807) is 6.20 Å². The lowest BCUT2D eigenvalue weighted by Crippen LogP contribution is -1.75. The Hall–Kier alpha value is -2.61. The highest BCUT2D eigenvalue weighted by Crippen LogP contribution is 2.24. The molecule has 0 N–H and O–H groups in total. The van der Waals surface area contributed by atoms with E-state index in [1.807, 2.05) is 0 Å². The lowest BCUT2D eigenvalue weighted by molar-refractivity contribution is 0.558. The fraction of sp³-hybridized carbons (Fsp3) is 0. The molecule has 2 heteroatoms. The predicted molar refractivity (Wildman–Crippen MR) is 78.0 cm³/mol. The molecule has 0 radical (unpaired) electrons. The maximum absolute atomic E-state index is 4.47. The Labute approximate surface area is 111 Å². The van der Waals surface area contributed by atoms with E-state index in [0.717, 1.165) is 0 Å². The molecular weight excluding hydrogens is 234 g/mol. The van der Waals surface area contributed by atoms with Gasteiger partial charge in [-0.05, 0) is 21.5 Å². The summed E-state index contributed by atoms with van der Waals surface area (Å²) in [7, 11) is 0. The molecule has 0 saturated heterocycles. The van der Waals surface area contributed by atoms with Crippen LogP contribution in [0, 0.1) is 0 Å². The van der Waals surface area contributed by atoms with E-state index in [1.165, 1.54) is 34.2 Å². The fourth-order valence-corrected chi connectivity index (χ4v) is 2.13. The number of fused-ring (bicyclic) bond motifs is 3. The van der Waals surface area contributed by atoms with Gasteiger partial charge in [0, 0.05) is 0 Å². The maximum atomic E-state index is 4.47. The average molecular weight is 247 g/mol. The van der Waals surface area contributed by atoms with E-state index in [0.29, 0.717) is 0 Å². The van der Waals surface area contributed by atoms with Crippen LogP contribution in [0.1, 0.15) is 0 Å². The normalized spacial score (nSPS) is 10.1. The zero-order valence-corrected chi connectivity index (χ0v) is 10.4. The van der Waals surface area contributed by atoms with Gasteiger partial charge in [0.25, 0.3) is 0 Å². The molecule has 0 bridgehead atoms. The summed E-state index contributed by atoms with van der Waals surface area (Å²) in [6.45, 7) is 0. The number of benzene rings is 3. The SMILES string of the molecule is c1ccc2c(c1)ccc1ccccc12.c1cocn1. The number of oxazole rings is 1. The van der Waals surface area contributed by atoms with Crippen molar-refractivity contribution in [3.63, 3.8) is 0 Å². The van der Waals surface area contributed by atoms with E-state index in [2.05, 4.69) is 70.1 Å².